The molecule has 0 aliphatic rings. The van der Waals surface area contributed by atoms with Crippen molar-refractivity contribution in [3.05, 3.63) is 51.4 Å². The molecule has 0 radical (unpaired) electrons. The molecule has 3 nitrogen and oxygen atoms in total. The van der Waals surface area contributed by atoms with E-state index in [9.17, 15) is 9.50 Å². The molecule has 0 unspecified atom stereocenters. The first kappa shape index (κ1) is 14.0. The molecule has 1 aromatic heterocycles. The van der Waals surface area contributed by atoms with Gasteiger partial charge < -0.3 is 9.84 Å². The van der Waals surface area contributed by atoms with Gasteiger partial charge in [0.15, 0.2) is 0 Å². The SMILES string of the molecule is Cc1cc(C)c(CO)c(Oc2cc(F)ccc2Br)n1. The van der Waals surface area contributed by atoms with Gasteiger partial charge in [-0.15, -0.1) is 0 Å². The second-order valence-electron chi connectivity index (χ2n) is 4.20. The summed E-state index contributed by atoms with van der Waals surface area (Å²) in [7, 11) is 0. The Bertz CT molecular complexity index is 617. The van der Waals surface area contributed by atoms with Gasteiger partial charge in [-0.05, 0) is 53.5 Å². The van der Waals surface area contributed by atoms with Gasteiger partial charge >= 0.3 is 0 Å². The fraction of sp³-hybridized carbons (Fsp3) is 0.214. The molecule has 1 heterocycles. The standard InChI is InChI=1S/C14H13BrFNO2/c1-8-5-9(2)17-14(11(8)7-18)19-13-6-10(16)3-4-12(13)15/h3-6,18H,7H2,1-2H3. The van der Waals surface area contributed by atoms with E-state index in [-0.39, 0.29) is 6.61 Å². The summed E-state index contributed by atoms with van der Waals surface area (Å²) in [5, 5.41) is 9.39. The first-order chi connectivity index (χ1) is 9.01. The van der Waals surface area contributed by atoms with Crippen LogP contribution in [-0.2, 0) is 6.61 Å². The zero-order chi connectivity index (χ0) is 14.0. The molecule has 0 bridgehead atoms. The van der Waals surface area contributed by atoms with Gasteiger partial charge in [0.2, 0.25) is 5.88 Å². The van der Waals surface area contributed by atoms with Crippen LogP contribution < -0.4 is 4.74 Å². The molecule has 100 valence electrons. The van der Waals surface area contributed by atoms with Gasteiger partial charge in [-0.2, -0.15) is 0 Å². The Morgan fingerprint density at radius 2 is 2.05 bits per heavy atom. The van der Waals surface area contributed by atoms with Crippen molar-refractivity contribution >= 4 is 15.9 Å². The average molecular weight is 326 g/mol. The Hall–Kier alpha value is -1.46. The van der Waals surface area contributed by atoms with Gasteiger partial charge in [0, 0.05) is 17.3 Å². The largest absolute Gasteiger partial charge is 0.437 e. The number of halogens is 2. The minimum Gasteiger partial charge on any atom is -0.437 e. The Labute approximate surface area is 119 Å². The number of rotatable bonds is 3. The molecule has 0 aliphatic carbocycles. The molecular weight excluding hydrogens is 313 g/mol. The highest BCUT2D eigenvalue weighted by molar-refractivity contribution is 9.10. The fourth-order valence-corrected chi connectivity index (χ4v) is 2.09. The van der Waals surface area contributed by atoms with Crippen molar-refractivity contribution in [2.45, 2.75) is 20.5 Å². The van der Waals surface area contributed by atoms with E-state index >= 15 is 0 Å². The molecule has 0 atom stereocenters. The van der Waals surface area contributed by atoms with Crippen molar-refractivity contribution in [1.29, 1.82) is 0 Å². The number of ether oxygens (including phenoxy) is 1. The van der Waals surface area contributed by atoms with Gasteiger partial charge in [0.25, 0.3) is 0 Å². The summed E-state index contributed by atoms with van der Waals surface area (Å²) < 4.78 is 19.5. The summed E-state index contributed by atoms with van der Waals surface area (Å²) in [5.74, 6) is 0.228. The van der Waals surface area contributed by atoms with Crippen molar-refractivity contribution < 1.29 is 14.2 Å². The maximum atomic E-state index is 13.2. The van der Waals surface area contributed by atoms with E-state index in [1.165, 1.54) is 12.1 Å². The lowest BCUT2D eigenvalue weighted by atomic mass is 10.1. The quantitative estimate of drug-likeness (QED) is 0.931. The van der Waals surface area contributed by atoms with Crippen LogP contribution in [-0.4, -0.2) is 10.1 Å². The van der Waals surface area contributed by atoms with Crippen LogP contribution in [0.25, 0.3) is 0 Å². The van der Waals surface area contributed by atoms with Crippen LogP contribution in [0, 0.1) is 19.7 Å². The molecule has 19 heavy (non-hydrogen) atoms. The average Bonchev–Trinajstić information content (AvgIpc) is 2.33. The third-order valence-corrected chi connectivity index (χ3v) is 3.35. The smallest absolute Gasteiger partial charge is 0.225 e. The number of aliphatic hydroxyl groups is 1. The van der Waals surface area contributed by atoms with Crippen molar-refractivity contribution in [3.8, 4) is 11.6 Å². The number of pyridine rings is 1. The number of hydrogen-bond acceptors (Lipinski definition) is 3. The predicted molar refractivity (Wildman–Crippen MR) is 73.8 cm³/mol. The minimum atomic E-state index is -0.395. The van der Waals surface area contributed by atoms with Crippen LogP contribution in [0.15, 0.2) is 28.7 Å². The van der Waals surface area contributed by atoms with Crippen LogP contribution in [0.2, 0.25) is 0 Å². The highest BCUT2D eigenvalue weighted by Crippen LogP contribution is 2.32. The van der Waals surface area contributed by atoms with Crippen LogP contribution in [0.1, 0.15) is 16.8 Å². The van der Waals surface area contributed by atoms with Crippen LogP contribution in [0.5, 0.6) is 11.6 Å². The first-order valence-electron chi connectivity index (χ1n) is 5.72. The van der Waals surface area contributed by atoms with E-state index in [0.29, 0.717) is 21.7 Å². The summed E-state index contributed by atoms with van der Waals surface area (Å²) in [5.41, 5.74) is 2.26. The molecular formula is C14H13BrFNO2. The van der Waals surface area contributed by atoms with E-state index in [1.54, 1.807) is 6.07 Å². The molecule has 2 aromatic rings. The Morgan fingerprint density at radius 3 is 2.74 bits per heavy atom. The summed E-state index contributed by atoms with van der Waals surface area (Å²) in [6.07, 6.45) is 0. The fourth-order valence-electron chi connectivity index (χ4n) is 1.77. The number of benzene rings is 1. The molecule has 0 amide bonds. The van der Waals surface area contributed by atoms with Crippen LogP contribution in [0.3, 0.4) is 0 Å². The van der Waals surface area contributed by atoms with Crippen molar-refractivity contribution in [1.82, 2.24) is 4.98 Å². The number of aryl methyl sites for hydroxylation is 2. The van der Waals surface area contributed by atoms with Crippen molar-refractivity contribution in [3.63, 3.8) is 0 Å². The molecule has 0 saturated carbocycles. The van der Waals surface area contributed by atoms with Gasteiger partial charge in [0.1, 0.15) is 11.6 Å². The lowest BCUT2D eigenvalue weighted by Gasteiger charge is -2.13. The summed E-state index contributed by atoms with van der Waals surface area (Å²) in [6, 6.07) is 6.02. The zero-order valence-corrected chi connectivity index (χ0v) is 12.2. The zero-order valence-electron chi connectivity index (χ0n) is 10.6. The predicted octanol–water partition coefficient (Wildman–Crippen LogP) is 3.88. The molecule has 0 aliphatic heterocycles. The van der Waals surface area contributed by atoms with Gasteiger partial charge in [-0.1, -0.05) is 0 Å². The molecule has 0 fully saturated rings. The first-order valence-corrected chi connectivity index (χ1v) is 6.51. The Balaban J connectivity index is 2.45. The normalized spacial score (nSPS) is 10.6. The van der Waals surface area contributed by atoms with Gasteiger partial charge in [-0.25, -0.2) is 9.37 Å². The van der Waals surface area contributed by atoms with Crippen LogP contribution in [0.4, 0.5) is 4.39 Å². The van der Waals surface area contributed by atoms with E-state index in [4.69, 9.17) is 4.74 Å². The van der Waals surface area contributed by atoms with Crippen LogP contribution >= 0.6 is 15.9 Å². The third-order valence-electron chi connectivity index (χ3n) is 2.70. The number of nitrogens with zero attached hydrogens (tertiary/aromatic N) is 1. The topological polar surface area (TPSA) is 42.4 Å². The summed E-state index contributed by atoms with van der Waals surface area (Å²) in [6.45, 7) is 3.52. The van der Waals surface area contributed by atoms with Crippen molar-refractivity contribution in [2.24, 2.45) is 0 Å². The molecule has 2 rings (SSSR count). The summed E-state index contributed by atoms with van der Waals surface area (Å²) >= 11 is 3.29. The van der Waals surface area contributed by atoms with E-state index in [0.717, 1.165) is 11.3 Å². The van der Waals surface area contributed by atoms with E-state index in [1.807, 2.05) is 19.9 Å². The number of aromatic nitrogens is 1. The van der Waals surface area contributed by atoms with Gasteiger partial charge in [0.05, 0.1) is 11.1 Å². The Kier molecular flexibility index (Phi) is 4.17. The maximum Gasteiger partial charge on any atom is 0.225 e. The highest BCUT2D eigenvalue weighted by atomic mass is 79.9. The van der Waals surface area contributed by atoms with E-state index in [2.05, 4.69) is 20.9 Å². The lowest BCUT2D eigenvalue weighted by molar-refractivity contribution is 0.274. The van der Waals surface area contributed by atoms with Crippen molar-refractivity contribution in [2.75, 3.05) is 0 Å². The Morgan fingerprint density at radius 1 is 1.32 bits per heavy atom. The molecule has 1 N–H and O–H groups in total. The van der Waals surface area contributed by atoms with Gasteiger partial charge in [-0.3, -0.25) is 0 Å². The minimum absolute atomic E-state index is 0.179. The maximum absolute atomic E-state index is 13.2. The third kappa shape index (κ3) is 3.11. The molecule has 0 saturated heterocycles. The molecule has 5 heteroatoms. The second-order valence-corrected chi connectivity index (χ2v) is 5.05. The lowest BCUT2D eigenvalue weighted by Crippen LogP contribution is -2.00. The summed E-state index contributed by atoms with van der Waals surface area (Å²) in [4.78, 5) is 4.25. The molecule has 1 aromatic carbocycles. The van der Waals surface area contributed by atoms with E-state index < -0.39 is 5.82 Å². The second kappa shape index (κ2) is 5.67. The number of hydrogen-bond donors (Lipinski definition) is 1. The molecule has 0 spiro atoms. The number of aliphatic hydroxyl groups excluding tert-OH is 1. The highest BCUT2D eigenvalue weighted by Gasteiger charge is 2.12. The monoisotopic (exact) mass is 325 g/mol.